The van der Waals surface area contributed by atoms with Crippen molar-refractivity contribution in [2.45, 2.75) is 45.4 Å². The van der Waals surface area contributed by atoms with Crippen LogP contribution in [0.4, 0.5) is 0 Å². The molecule has 3 nitrogen and oxygen atoms in total. The van der Waals surface area contributed by atoms with Crippen LogP contribution in [0, 0.1) is 5.41 Å². The normalized spacial score (nSPS) is 19.9. The highest BCUT2D eigenvalue weighted by Gasteiger charge is 2.26. The van der Waals surface area contributed by atoms with Crippen LogP contribution in [0.3, 0.4) is 0 Å². The van der Waals surface area contributed by atoms with Crippen LogP contribution < -0.4 is 11.1 Å². The number of hydrogen-bond acceptors (Lipinski definition) is 3. The highest BCUT2D eigenvalue weighted by atomic mass is 16.5. The monoisotopic (exact) mass is 228 g/mol. The lowest BCUT2D eigenvalue weighted by Crippen LogP contribution is -2.37. The van der Waals surface area contributed by atoms with Crippen molar-refractivity contribution in [3.05, 3.63) is 0 Å². The highest BCUT2D eigenvalue weighted by molar-refractivity contribution is 4.79. The number of rotatable bonds is 8. The molecular formula is C13H28N2O. The molecule has 3 heteroatoms. The van der Waals surface area contributed by atoms with E-state index in [0.29, 0.717) is 5.41 Å². The summed E-state index contributed by atoms with van der Waals surface area (Å²) in [6, 6.07) is 0. The van der Waals surface area contributed by atoms with Gasteiger partial charge in [-0.3, -0.25) is 0 Å². The van der Waals surface area contributed by atoms with Crippen molar-refractivity contribution in [2.24, 2.45) is 11.1 Å². The molecule has 1 fully saturated rings. The van der Waals surface area contributed by atoms with E-state index >= 15 is 0 Å². The van der Waals surface area contributed by atoms with Crippen LogP contribution in [-0.2, 0) is 4.74 Å². The SMILES string of the molecule is CC1(CNCCCCCCN)CCOCC1. The summed E-state index contributed by atoms with van der Waals surface area (Å²) in [6.07, 6.45) is 7.45. The molecule has 1 rings (SSSR count). The zero-order valence-corrected chi connectivity index (χ0v) is 10.8. The predicted octanol–water partition coefficient (Wildman–Crippen LogP) is 1.91. The van der Waals surface area contributed by atoms with E-state index in [0.717, 1.165) is 32.8 Å². The number of unbranched alkanes of at least 4 members (excludes halogenated alkanes) is 3. The summed E-state index contributed by atoms with van der Waals surface area (Å²) in [5, 5.41) is 3.59. The first-order valence-corrected chi connectivity index (χ1v) is 6.75. The second kappa shape index (κ2) is 8.04. The lowest BCUT2D eigenvalue weighted by Gasteiger charge is -2.33. The molecule has 0 aliphatic carbocycles. The molecule has 0 radical (unpaired) electrons. The first kappa shape index (κ1) is 13.9. The average molecular weight is 228 g/mol. The van der Waals surface area contributed by atoms with Gasteiger partial charge in [0.15, 0.2) is 0 Å². The van der Waals surface area contributed by atoms with Crippen molar-refractivity contribution in [3.8, 4) is 0 Å². The van der Waals surface area contributed by atoms with Gasteiger partial charge in [-0.15, -0.1) is 0 Å². The van der Waals surface area contributed by atoms with E-state index in [1.54, 1.807) is 0 Å². The Balaban J connectivity index is 1.93. The van der Waals surface area contributed by atoms with Crippen molar-refractivity contribution >= 4 is 0 Å². The standard InChI is InChI=1S/C13H28N2O/c1-13(6-10-16-11-7-13)12-15-9-5-3-2-4-8-14/h15H,2-12,14H2,1H3. The fourth-order valence-corrected chi connectivity index (χ4v) is 2.18. The van der Waals surface area contributed by atoms with Gasteiger partial charge in [0.2, 0.25) is 0 Å². The molecule has 16 heavy (non-hydrogen) atoms. The Kier molecular flexibility index (Phi) is 7.01. The van der Waals surface area contributed by atoms with Crippen molar-refractivity contribution in [3.63, 3.8) is 0 Å². The Morgan fingerprint density at radius 3 is 2.50 bits per heavy atom. The number of hydrogen-bond donors (Lipinski definition) is 2. The predicted molar refractivity (Wildman–Crippen MR) is 68.6 cm³/mol. The van der Waals surface area contributed by atoms with E-state index in [9.17, 15) is 0 Å². The molecule has 1 heterocycles. The smallest absolute Gasteiger partial charge is 0.0471 e. The van der Waals surface area contributed by atoms with Crippen LogP contribution in [0.15, 0.2) is 0 Å². The summed E-state index contributed by atoms with van der Waals surface area (Å²) in [6.45, 7) is 7.39. The van der Waals surface area contributed by atoms with Gasteiger partial charge in [-0.25, -0.2) is 0 Å². The molecular weight excluding hydrogens is 200 g/mol. The molecule has 0 amide bonds. The Hall–Kier alpha value is -0.120. The number of ether oxygens (including phenoxy) is 1. The first-order valence-electron chi connectivity index (χ1n) is 6.75. The molecule has 0 atom stereocenters. The third-order valence-corrected chi connectivity index (χ3v) is 3.56. The van der Waals surface area contributed by atoms with E-state index in [4.69, 9.17) is 10.5 Å². The van der Waals surface area contributed by atoms with Gasteiger partial charge in [-0.1, -0.05) is 19.8 Å². The zero-order chi connectivity index (χ0) is 11.7. The quantitative estimate of drug-likeness (QED) is 0.624. The summed E-state index contributed by atoms with van der Waals surface area (Å²) in [5.41, 5.74) is 5.92. The van der Waals surface area contributed by atoms with E-state index in [1.165, 1.54) is 38.5 Å². The summed E-state index contributed by atoms with van der Waals surface area (Å²) in [4.78, 5) is 0. The largest absolute Gasteiger partial charge is 0.381 e. The third-order valence-electron chi connectivity index (χ3n) is 3.56. The van der Waals surface area contributed by atoms with Gasteiger partial charge in [0, 0.05) is 19.8 Å². The Bertz CT molecular complexity index is 167. The maximum atomic E-state index is 5.46. The lowest BCUT2D eigenvalue weighted by molar-refractivity contribution is 0.0242. The van der Waals surface area contributed by atoms with Gasteiger partial charge in [0.25, 0.3) is 0 Å². The molecule has 0 aromatic heterocycles. The van der Waals surface area contributed by atoms with Gasteiger partial charge in [-0.05, 0) is 44.2 Å². The van der Waals surface area contributed by atoms with Crippen LogP contribution in [0.1, 0.15) is 45.4 Å². The molecule has 0 aromatic carbocycles. The molecule has 96 valence electrons. The highest BCUT2D eigenvalue weighted by Crippen LogP contribution is 2.28. The van der Waals surface area contributed by atoms with E-state index in [2.05, 4.69) is 12.2 Å². The fourth-order valence-electron chi connectivity index (χ4n) is 2.18. The maximum absolute atomic E-state index is 5.46. The van der Waals surface area contributed by atoms with Gasteiger partial charge in [0.05, 0.1) is 0 Å². The summed E-state index contributed by atoms with van der Waals surface area (Å²) in [7, 11) is 0. The Labute approximate surface area is 100 Å². The van der Waals surface area contributed by atoms with Crippen LogP contribution in [0.2, 0.25) is 0 Å². The summed E-state index contributed by atoms with van der Waals surface area (Å²) in [5.74, 6) is 0. The van der Waals surface area contributed by atoms with E-state index in [1.807, 2.05) is 0 Å². The second-order valence-electron chi connectivity index (χ2n) is 5.30. The minimum atomic E-state index is 0.468. The Morgan fingerprint density at radius 2 is 1.81 bits per heavy atom. The lowest BCUT2D eigenvalue weighted by atomic mass is 9.82. The van der Waals surface area contributed by atoms with Crippen LogP contribution in [-0.4, -0.2) is 32.8 Å². The van der Waals surface area contributed by atoms with Gasteiger partial charge in [0.1, 0.15) is 0 Å². The fraction of sp³-hybridized carbons (Fsp3) is 1.00. The Morgan fingerprint density at radius 1 is 1.12 bits per heavy atom. The molecule has 0 aromatic rings. The zero-order valence-electron chi connectivity index (χ0n) is 10.8. The molecule has 0 spiro atoms. The summed E-state index contributed by atoms with van der Waals surface area (Å²) < 4.78 is 5.40. The van der Waals surface area contributed by atoms with Crippen LogP contribution >= 0.6 is 0 Å². The van der Waals surface area contributed by atoms with E-state index < -0.39 is 0 Å². The summed E-state index contributed by atoms with van der Waals surface area (Å²) >= 11 is 0. The van der Waals surface area contributed by atoms with Gasteiger partial charge >= 0.3 is 0 Å². The minimum absolute atomic E-state index is 0.468. The number of nitrogens with two attached hydrogens (primary N) is 1. The first-order chi connectivity index (χ1) is 7.77. The van der Waals surface area contributed by atoms with E-state index in [-0.39, 0.29) is 0 Å². The number of nitrogens with one attached hydrogen (secondary N) is 1. The molecule has 1 saturated heterocycles. The van der Waals surface area contributed by atoms with Gasteiger partial charge < -0.3 is 15.8 Å². The molecule has 3 N–H and O–H groups in total. The van der Waals surface area contributed by atoms with Crippen LogP contribution in [0.5, 0.6) is 0 Å². The molecule has 0 unspecified atom stereocenters. The molecule has 0 bridgehead atoms. The van der Waals surface area contributed by atoms with Crippen LogP contribution in [0.25, 0.3) is 0 Å². The van der Waals surface area contributed by atoms with Crippen molar-refractivity contribution in [1.29, 1.82) is 0 Å². The minimum Gasteiger partial charge on any atom is -0.381 e. The van der Waals surface area contributed by atoms with Crippen molar-refractivity contribution in [2.75, 3.05) is 32.8 Å². The van der Waals surface area contributed by atoms with Gasteiger partial charge in [-0.2, -0.15) is 0 Å². The topological polar surface area (TPSA) is 47.3 Å². The molecule has 0 saturated carbocycles. The third kappa shape index (κ3) is 5.83. The molecule has 1 aliphatic rings. The van der Waals surface area contributed by atoms with Crippen molar-refractivity contribution < 1.29 is 4.74 Å². The van der Waals surface area contributed by atoms with Crippen molar-refractivity contribution in [1.82, 2.24) is 5.32 Å². The second-order valence-corrected chi connectivity index (χ2v) is 5.30. The molecule has 1 aliphatic heterocycles. The average Bonchev–Trinajstić information content (AvgIpc) is 2.29. The maximum Gasteiger partial charge on any atom is 0.0471 e.